The third kappa shape index (κ3) is 2.01. The lowest BCUT2D eigenvalue weighted by Gasteiger charge is -2.32. The number of thiol groups is 2. The maximum absolute atomic E-state index is 8.78. The standard InChI is InChI=1S/C4H10O4S2/c5-3(6,1-9)4(7,8)2-10/h5-10H,1-2H2. The summed E-state index contributed by atoms with van der Waals surface area (Å²) in [5.74, 6) is -6.17. The Morgan fingerprint density at radius 1 is 0.800 bits per heavy atom. The van der Waals surface area contributed by atoms with Crippen LogP contribution in [0.4, 0.5) is 0 Å². The summed E-state index contributed by atoms with van der Waals surface area (Å²) < 4.78 is 0. The highest BCUT2D eigenvalue weighted by molar-refractivity contribution is 7.80. The minimum absolute atomic E-state index is 0.472. The Labute approximate surface area is 69.3 Å². The fraction of sp³-hybridized carbons (Fsp3) is 1.00. The fourth-order valence-corrected chi connectivity index (χ4v) is 0.760. The molecule has 0 aromatic carbocycles. The van der Waals surface area contributed by atoms with Gasteiger partial charge in [0.2, 0.25) is 11.6 Å². The van der Waals surface area contributed by atoms with Crippen LogP contribution in [0.25, 0.3) is 0 Å². The van der Waals surface area contributed by atoms with Gasteiger partial charge in [0.25, 0.3) is 0 Å². The lowest BCUT2D eigenvalue weighted by Crippen LogP contribution is -2.57. The van der Waals surface area contributed by atoms with E-state index in [-0.39, 0.29) is 0 Å². The molecule has 0 aliphatic rings. The Morgan fingerprint density at radius 2 is 1.00 bits per heavy atom. The van der Waals surface area contributed by atoms with Crippen molar-refractivity contribution >= 4 is 25.3 Å². The predicted molar refractivity (Wildman–Crippen MR) is 42.0 cm³/mol. The van der Waals surface area contributed by atoms with E-state index in [4.69, 9.17) is 20.4 Å². The maximum atomic E-state index is 8.78. The Kier molecular flexibility index (Phi) is 3.47. The summed E-state index contributed by atoms with van der Waals surface area (Å²) in [6, 6.07) is 0. The molecule has 0 saturated carbocycles. The Hall–Kier alpha value is 0.540. The summed E-state index contributed by atoms with van der Waals surface area (Å²) in [7, 11) is 0. The SMILES string of the molecule is OC(O)(CS)C(O)(O)CS. The average Bonchev–Trinajstić information content (AvgIpc) is 1.88. The van der Waals surface area contributed by atoms with Crippen molar-refractivity contribution in [3.8, 4) is 0 Å². The molecule has 4 N–H and O–H groups in total. The highest BCUT2D eigenvalue weighted by Crippen LogP contribution is 2.19. The van der Waals surface area contributed by atoms with Crippen LogP contribution in [0.2, 0.25) is 0 Å². The van der Waals surface area contributed by atoms with Gasteiger partial charge in [-0.15, -0.1) is 0 Å². The van der Waals surface area contributed by atoms with Crippen LogP contribution in [0, 0.1) is 0 Å². The fourth-order valence-electron chi connectivity index (χ4n) is 0.253. The summed E-state index contributed by atoms with van der Waals surface area (Å²) in [6.45, 7) is 0. The third-order valence-electron chi connectivity index (χ3n) is 1.08. The summed E-state index contributed by atoms with van der Waals surface area (Å²) in [5.41, 5.74) is 0. The molecule has 0 aromatic rings. The molecule has 62 valence electrons. The first-order valence-electron chi connectivity index (χ1n) is 2.48. The van der Waals surface area contributed by atoms with Crippen LogP contribution in [0.5, 0.6) is 0 Å². The van der Waals surface area contributed by atoms with Crippen molar-refractivity contribution < 1.29 is 20.4 Å². The topological polar surface area (TPSA) is 80.9 Å². The molecular weight excluding hydrogens is 176 g/mol. The van der Waals surface area contributed by atoms with Gasteiger partial charge in [0.05, 0.1) is 0 Å². The van der Waals surface area contributed by atoms with Gasteiger partial charge in [0.1, 0.15) is 0 Å². The number of hydrogen-bond donors (Lipinski definition) is 6. The largest absolute Gasteiger partial charge is 0.361 e. The van der Waals surface area contributed by atoms with Crippen LogP contribution in [-0.2, 0) is 0 Å². The second kappa shape index (κ2) is 3.29. The van der Waals surface area contributed by atoms with Crippen molar-refractivity contribution in [1.29, 1.82) is 0 Å². The molecule has 4 nitrogen and oxygen atoms in total. The first-order chi connectivity index (χ1) is 4.37. The zero-order valence-electron chi connectivity index (χ0n) is 5.10. The summed E-state index contributed by atoms with van der Waals surface area (Å²) >= 11 is 6.99. The smallest absolute Gasteiger partial charge is 0.228 e. The van der Waals surface area contributed by atoms with Gasteiger partial charge in [-0.05, 0) is 0 Å². The van der Waals surface area contributed by atoms with Gasteiger partial charge in [0.15, 0.2) is 0 Å². The lowest BCUT2D eigenvalue weighted by atomic mass is 10.1. The van der Waals surface area contributed by atoms with E-state index >= 15 is 0 Å². The van der Waals surface area contributed by atoms with Crippen LogP contribution < -0.4 is 0 Å². The van der Waals surface area contributed by atoms with Crippen LogP contribution in [0.3, 0.4) is 0 Å². The van der Waals surface area contributed by atoms with Crippen LogP contribution in [0.1, 0.15) is 0 Å². The van der Waals surface area contributed by atoms with Gasteiger partial charge in [0, 0.05) is 11.5 Å². The zero-order chi connectivity index (χ0) is 8.41. The molecule has 0 saturated heterocycles. The molecule has 0 rings (SSSR count). The van der Waals surface area contributed by atoms with E-state index in [1.165, 1.54) is 0 Å². The van der Waals surface area contributed by atoms with Crippen molar-refractivity contribution in [1.82, 2.24) is 0 Å². The second-order valence-electron chi connectivity index (χ2n) is 1.95. The van der Waals surface area contributed by atoms with Gasteiger partial charge in [-0.1, -0.05) is 0 Å². The molecule has 10 heavy (non-hydrogen) atoms. The average molecular weight is 186 g/mol. The molecule has 0 aromatic heterocycles. The first-order valence-corrected chi connectivity index (χ1v) is 3.75. The Morgan fingerprint density at radius 3 is 1.10 bits per heavy atom. The molecule has 0 spiro atoms. The van der Waals surface area contributed by atoms with Gasteiger partial charge >= 0.3 is 0 Å². The number of rotatable bonds is 3. The molecule has 0 bridgehead atoms. The maximum Gasteiger partial charge on any atom is 0.228 e. The van der Waals surface area contributed by atoms with Crippen LogP contribution in [-0.4, -0.2) is 43.5 Å². The normalized spacial score (nSPS) is 13.8. The highest BCUT2D eigenvalue weighted by atomic mass is 32.1. The monoisotopic (exact) mass is 186 g/mol. The Bertz CT molecular complexity index is 99.8. The molecule has 0 heterocycles. The van der Waals surface area contributed by atoms with Crippen molar-refractivity contribution in [2.45, 2.75) is 11.6 Å². The molecule has 0 amide bonds. The van der Waals surface area contributed by atoms with E-state index < -0.39 is 23.1 Å². The van der Waals surface area contributed by atoms with E-state index in [1.807, 2.05) is 0 Å². The molecule has 0 unspecified atom stereocenters. The molecule has 0 atom stereocenters. The van der Waals surface area contributed by atoms with Gasteiger partial charge in [-0.2, -0.15) is 25.3 Å². The van der Waals surface area contributed by atoms with Crippen LogP contribution in [0.15, 0.2) is 0 Å². The summed E-state index contributed by atoms with van der Waals surface area (Å²) in [6.07, 6.45) is 0. The summed E-state index contributed by atoms with van der Waals surface area (Å²) in [5, 5.41) is 35.1. The number of aliphatic hydroxyl groups is 4. The predicted octanol–water partition coefficient (Wildman–Crippen LogP) is -1.79. The summed E-state index contributed by atoms with van der Waals surface area (Å²) in [4.78, 5) is 0. The van der Waals surface area contributed by atoms with Crippen molar-refractivity contribution in [3.05, 3.63) is 0 Å². The zero-order valence-corrected chi connectivity index (χ0v) is 6.89. The molecular formula is C4H10O4S2. The third-order valence-corrected chi connectivity index (χ3v) is 1.96. The van der Waals surface area contributed by atoms with Gasteiger partial charge in [-0.3, -0.25) is 0 Å². The highest BCUT2D eigenvalue weighted by Gasteiger charge is 2.44. The van der Waals surface area contributed by atoms with Crippen LogP contribution >= 0.6 is 25.3 Å². The van der Waals surface area contributed by atoms with Crippen molar-refractivity contribution in [3.63, 3.8) is 0 Å². The van der Waals surface area contributed by atoms with E-state index in [1.54, 1.807) is 0 Å². The molecule has 0 fully saturated rings. The van der Waals surface area contributed by atoms with Gasteiger partial charge < -0.3 is 20.4 Å². The Balaban J connectivity index is 4.28. The lowest BCUT2D eigenvalue weighted by molar-refractivity contribution is -0.333. The van der Waals surface area contributed by atoms with E-state index in [9.17, 15) is 0 Å². The molecule has 0 aliphatic carbocycles. The van der Waals surface area contributed by atoms with E-state index in [0.29, 0.717) is 0 Å². The molecule has 0 aliphatic heterocycles. The van der Waals surface area contributed by atoms with E-state index in [0.717, 1.165) is 0 Å². The van der Waals surface area contributed by atoms with E-state index in [2.05, 4.69) is 25.3 Å². The van der Waals surface area contributed by atoms with Gasteiger partial charge in [-0.25, -0.2) is 0 Å². The molecule has 6 heteroatoms. The first kappa shape index (κ1) is 10.5. The minimum atomic E-state index is -2.61. The van der Waals surface area contributed by atoms with Crippen molar-refractivity contribution in [2.24, 2.45) is 0 Å². The quantitative estimate of drug-likeness (QED) is 0.232. The minimum Gasteiger partial charge on any atom is -0.361 e. The van der Waals surface area contributed by atoms with Crippen molar-refractivity contribution in [2.75, 3.05) is 11.5 Å². The number of hydrogen-bond acceptors (Lipinski definition) is 6. The molecule has 0 radical (unpaired) electrons. The second-order valence-corrected chi connectivity index (χ2v) is 2.58.